The zero-order valence-corrected chi connectivity index (χ0v) is 12.8. The molecule has 0 aromatic heterocycles. The number of rotatable bonds is 4. The number of hydrogen-bond donors (Lipinski definition) is 2. The third kappa shape index (κ3) is 2.89. The molecule has 2 saturated heterocycles. The second-order valence-corrected chi connectivity index (χ2v) is 7.13. The van der Waals surface area contributed by atoms with Gasteiger partial charge < -0.3 is 9.47 Å². The Kier molecular flexibility index (Phi) is 4.65. The van der Waals surface area contributed by atoms with Crippen molar-refractivity contribution in [2.45, 2.75) is 63.5 Å². The molecule has 0 radical (unpaired) electrons. The Morgan fingerprint density at radius 1 is 1.25 bits per heavy atom. The summed E-state index contributed by atoms with van der Waals surface area (Å²) in [5, 5.41) is 0. The van der Waals surface area contributed by atoms with E-state index in [4.69, 9.17) is 15.3 Å². The molecule has 1 saturated carbocycles. The van der Waals surface area contributed by atoms with Gasteiger partial charge in [0.1, 0.15) is 0 Å². The second-order valence-electron chi connectivity index (χ2n) is 7.13. The SMILES string of the molecule is CCC1CCC(C(NN)C2CCOC3(CCOC3)C2)C1. The minimum absolute atomic E-state index is 0.000773. The van der Waals surface area contributed by atoms with Crippen LogP contribution in [0.2, 0.25) is 0 Å². The number of hydrogen-bond acceptors (Lipinski definition) is 4. The van der Waals surface area contributed by atoms with Crippen LogP contribution in [0.15, 0.2) is 0 Å². The Bertz CT molecular complexity index is 318. The summed E-state index contributed by atoms with van der Waals surface area (Å²) in [5.74, 6) is 8.26. The van der Waals surface area contributed by atoms with Crippen molar-refractivity contribution in [3.63, 3.8) is 0 Å². The molecule has 5 atom stereocenters. The van der Waals surface area contributed by atoms with E-state index < -0.39 is 0 Å². The summed E-state index contributed by atoms with van der Waals surface area (Å²) in [4.78, 5) is 0. The Labute approximate surface area is 122 Å². The van der Waals surface area contributed by atoms with Crippen molar-refractivity contribution in [3.05, 3.63) is 0 Å². The minimum atomic E-state index is 0.000773. The molecule has 4 heteroatoms. The average Bonchev–Trinajstić information content (AvgIpc) is 3.10. The molecule has 3 aliphatic rings. The molecule has 0 aromatic carbocycles. The van der Waals surface area contributed by atoms with Gasteiger partial charge in [0.2, 0.25) is 0 Å². The number of hydrazine groups is 1. The molecule has 3 fully saturated rings. The first-order valence-corrected chi connectivity index (χ1v) is 8.44. The van der Waals surface area contributed by atoms with Gasteiger partial charge in [0.15, 0.2) is 0 Å². The Hall–Kier alpha value is -0.160. The van der Waals surface area contributed by atoms with E-state index in [-0.39, 0.29) is 5.60 Å². The van der Waals surface area contributed by atoms with E-state index in [2.05, 4.69) is 12.3 Å². The number of nitrogens with one attached hydrogen (secondary N) is 1. The lowest BCUT2D eigenvalue weighted by atomic mass is 9.76. The first kappa shape index (κ1) is 14.8. The molecule has 5 unspecified atom stereocenters. The third-order valence-electron chi connectivity index (χ3n) is 5.97. The van der Waals surface area contributed by atoms with Gasteiger partial charge in [-0.05, 0) is 43.4 Å². The first-order chi connectivity index (χ1) is 9.76. The predicted octanol–water partition coefficient (Wildman–Crippen LogP) is 2.23. The topological polar surface area (TPSA) is 56.5 Å². The maximum atomic E-state index is 6.06. The van der Waals surface area contributed by atoms with Crippen LogP contribution in [0.1, 0.15) is 51.9 Å². The average molecular weight is 282 g/mol. The lowest BCUT2D eigenvalue weighted by Gasteiger charge is -2.42. The highest BCUT2D eigenvalue weighted by molar-refractivity contribution is 4.96. The van der Waals surface area contributed by atoms with Gasteiger partial charge in [0.05, 0.1) is 12.2 Å². The molecular weight excluding hydrogens is 252 g/mol. The van der Waals surface area contributed by atoms with Crippen LogP contribution >= 0.6 is 0 Å². The normalized spacial score (nSPS) is 43.2. The molecule has 3 rings (SSSR count). The van der Waals surface area contributed by atoms with Gasteiger partial charge in [-0.25, -0.2) is 0 Å². The van der Waals surface area contributed by atoms with Crippen molar-refractivity contribution >= 4 is 0 Å². The van der Waals surface area contributed by atoms with Crippen LogP contribution in [-0.2, 0) is 9.47 Å². The van der Waals surface area contributed by atoms with E-state index >= 15 is 0 Å². The molecule has 20 heavy (non-hydrogen) atoms. The van der Waals surface area contributed by atoms with Crippen LogP contribution in [0.25, 0.3) is 0 Å². The van der Waals surface area contributed by atoms with Crippen LogP contribution in [0.5, 0.6) is 0 Å². The van der Waals surface area contributed by atoms with E-state index in [1.54, 1.807) is 0 Å². The standard InChI is InChI=1S/C16H30N2O2/c1-2-12-3-4-13(9-12)15(18-17)14-5-7-20-16(10-14)6-8-19-11-16/h12-15,18H,2-11,17H2,1H3. The van der Waals surface area contributed by atoms with Crippen LogP contribution in [0.4, 0.5) is 0 Å². The highest BCUT2D eigenvalue weighted by Crippen LogP contribution is 2.42. The highest BCUT2D eigenvalue weighted by atomic mass is 16.6. The summed E-state index contributed by atoms with van der Waals surface area (Å²) in [6.07, 6.45) is 8.72. The van der Waals surface area contributed by atoms with E-state index in [1.165, 1.54) is 25.7 Å². The molecule has 4 nitrogen and oxygen atoms in total. The van der Waals surface area contributed by atoms with E-state index in [0.29, 0.717) is 12.0 Å². The monoisotopic (exact) mass is 282 g/mol. The van der Waals surface area contributed by atoms with E-state index in [9.17, 15) is 0 Å². The van der Waals surface area contributed by atoms with Crippen molar-refractivity contribution in [2.75, 3.05) is 19.8 Å². The quantitative estimate of drug-likeness (QED) is 0.613. The summed E-state index contributed by atoms with van der Waals surface area (Å²) in [7, 11) is 0. The van der Waals surface area contributed by atoms with Gasteiger partial charge in [0.25, 0.3) is 0 Å². The zero-order valence-electron chi connectivity index (χ0n) is 12.8. The van der Waals surface area contributed by atoms with Gasteiger partial charge in [-0.2, -0.15) is 0 Å². The Balaban J connectivity index is 1.63. The van der Waals surface area contributed by atoms with Gasteiger partial charge in [-0.15, -0.1) is 0 Å². The van der Waals surface area contributed by atoms with Crippen molar-refractivity contribution in [1.29, 1.82) is 0 Å². The van der Waals surface area contributed by atoms with Crippen LogP contribution in [-0.4, -0.2) is 31.5 Å². The molecule has 0 bridgehead atoms. The van der Waals surface area contributed by atoms with E-state index in [1.807, 2.05) is 0 Å². The van der Waals surface area contributed by atoms with Crippen LogP contribution < -0.4 is 11.3 Å². The number of nitrogens with two attached hydrogens (primary N) is 1. The lowest BCUT2D eigenvalue weighted by Crippen LogP contribution is -2.51. The fourth-order valence-electron chi connectivity index (χ4n) is 4.70. The highest BCUT2D eigenvalue weighted by Gasteiger charge is 2.44. The lowest BCUT2D eigenvalue weighted by molar-refractivity contribution is -0.105. The zero-order chi connectivity index (χ0) is 14.0. The molecule has 2 aliphatic heterocycles. The molecule has 3 N–H and O–H groups in total. The van der Waals surface area contributed by atoms with Gasteiger partial charge in [0, 0.05) is 25.7 Å². The first-order valence-electron chi connectivity index (χ1n) is 8.44. The van der Waals surface area contributed by atoms with Crippen molar-refractivity contribution in [2.24, 2.45) is 23.6 Å². The molecule has 0 aromatic rings. The predicted molar refractivity (Wildman–Crippen MR) is 79.1 cm³/mol. The van der Waals surface area contributed by atoms with Gasteiger partial charge in [-0.3, -0.25) is 11.3 Å². The van der Waals surface area contributed by atoms with Crippen molar-refractivity contribution in [3.8, 4) is 0 Å². The fourth-order valence-corrected chi connectivity index (χ4v) is 4.70. The Morgan fingerprint density at radius 2 is 2.15 bits per heavy atom. The maximum absolute atomic E-state index is 6.06. The second kappa shape index (κ2) is 6.30. The summed E-state index contributed by atoms with van der Waals surface area (Å²) in [5.41, 5.74) is 3.17. The van der Waals surface area contributed by atoms with Gasteiger partial charge >= 0.3 is 0 Å². The fraction of sp³-hybridized carbons (Fsp3) is 1.00. The summed E-state index contributed by atoms with van der Waals surface area (Å²) < 4.78 is 11.6. The van der Waals surface area contributed by atoms with Crippen molar-refractivity contribution < 1.29 is 9.47 Å². The third-order valence-corrected chi connectivity index (χ3v) is 5.97. The maximum Gasteiger partial charge on any atom is 0.0939 e. The summed E-state index contributed by atoms with van der Waals surface area (Å²) in [6, 6.07) is 0.466. The molecule has 1 aliphatic carbocycles. The van der Waals surface area contributed by atoms with Crippen LogP contribution in [0, 0.1) is 17.8 Å². The number of ether oxygens (including phenoxy) is 2. The molecule has 0 amide bonds. The minimum Gasteiger partial charge on any atom is -0.378 e. The van der Waals surface area contributed by atoms with Gasteiger partial charge in [-0.1, -0.05) is 19.8 Å². The van der Waals surface area contributed by atoms with E-state index in [0.717, 1.165) is 50.9 Å². The molecular formula is C16H30N2O2. The largest absolute Gasteiger partial charge is 0.378 e. The summed E-state index contributed by atoms with van der Waals surface area (Å²) >= 11 is 0. The smallest absolute Gasteiger partial charge is 0.0939 e. The Morgan fingerprint density at radius 3 is 2.80 bits per heavy atom. The molecule has 2 heterocycles. The molecule has 1 spiro atoms. The molecule has 116 valence electrons. The van der Waals surface area contributed by atoms with Crippen molar-refractivity contribution in [1.82, 2.24) is 5.43 Å². The van der Waals surface area contributed by atoms with Crippen LogP contribution in [0.3, 0.4) is 0 Å². The summed E-state index contributed by atoms with van der Waals surface area (Å²) in [6.45, 7) is 4.82.